The quantitative estimate of drug-likeness (QED) is 0.0714. The summed E-state index contributed by atoms with van der Waals surface area (Å²) < 4.78 is 57.0. The Kier molecular flexibility index (Phi) is 13.3. The number of piperidine rings is 1. The minimum Gasteiger partial charge on any atom is -0.455 e. The number of hydrogen-bond acceptors (Lipinski definition) is 12. The van der Waals surface area contributed by atoms with Crippen LogP contribution in [0.5, 0.6) is 11.5 Å². The number of pyridine rings is 1. The van der Waals surface area contributed by atoms with Crippen LogP contribution >= 0.6 is 11.6 Å². The molecule has 5 heterocycles. The molecule has 0 bridgehead atoms. The molecular formula is C49H56ClFN8O7S. The maximum Gasteiger partial charge on any atom is 0.296 e. The van der Waals surface area contributed by atoms with Gasteiger partial charge in [-0.25, -0.2) is 22.5 Å². The number of carbonyl (C=O) groups is 1. The molecule has 2 aromatic heterocycles. The highest BCUT2D eigenvalue weighted by Crippen LogP contribution is 2.44. The van der Waals surface area contributed by atoms with Gasteiger partial charge < -0.3 is 24.7 Å². The molecule has 3 saturated heterocycles. The average molecular weight is 956 g/mol. The van der Waals surface area contributed by atoms with Crippen LogP contribution in [0.15, 0.2) is 89.6 Å². The van der Waals surface area contributed by atoms with E-state index in [2.05, 4.69) is 62.9 Å². The van der Waals surface area contributed by atoms with Gasteiger partial charge in [-0.3, -0.25) is 24.7 Å². The Hall–Kier alpha value is -5.59. The number of piperazine rings is 1. The van der Waals surface area contributed by atoms with Crippen molar-refractivity contribution >= 4 is 61.2 Å². The SMILES string of the molecule is C[C@@H]1CN(CC2=C(c3ccc(Cl)cc3)CC(C)(C)CC2)CCN1c1ccc(C(=O)NS(=O)(=O)c2cc(F)c(NCC3CCN(C4COC4)CC3)c([N+](=O)[O-])c2)c(Oc2cnc3[nH]ccc3c2)c1. The van der Waals surface area contributed by atoms with Gasteiger partial charge in [0.1, 0.15) is 22.8 Å². The number of rotatable bonds is 14. The summed E-state index contributed by atoms with van der Waals surface area (Å²) in [6.07, 6.45) is 8.01. The molecule has 3 N–H and O–H groups in total. The van der Waals surface area contributed by atoms with Gasteiger partial charge in [0.25, 0.3) is 21.6 Å². The van der Waals surface area contributed by atoms with Crippen molar-refractivity contribution < 1.29 is 32.0 Å². The van der Waals surface area contributed by atoms with Crippen molar-refractivity contribution in [1.29, 1.82) is 0 Å². The third-order valence-electron chi connectivity index (χ3n) is 13.8. The molecule has 18 heteroatoms. The van der Waals surface area contributed by atoms with Gasteiger partial charge >= 0.3 is 0 Å². The second kappa shape index (κ2) is 19.2. The number of nitro benzene ring substituents is 1. The lowest BCUT2D eigenvalue weighted by atomic mass is 9.72. The van der Waals surface area contributed by atoms with Gasteiger partial charge in [-0.1, -0.05) is 43.2 Å². The number of allylic oxidation sites excluding steroid dienone is 1. The number of nitrogens with one attached hydrogen (secondary N) is 3. The maximum absolute atomic E-state index is 15.7. The van der Waals surface area contributed by atoms with Crippen LogP contribution < -0.4 is 19.7 Å². The smallest absolute Gasteiger partial charge is 0.296 e. The van der Waals surface area contributed by atoms with E-state index in [9.17, 15) is 23.3 Å². The number of likely N-dealkylation sites (tertiary alicyclic amines) is 1. The Labute approximate surface area is 394 Å². The minimum absolute atomic E-state index is 0.0580. The lowest BCUT2D eigenvalue weighted by Gasteiger charge is -2.43. The largest absolute Gasteiger partial charge is 0.455 e. The molecule has 3 aliphatic heterocycles. The van der Waals surface area contributed by atoms with Crippen molar-refractivity contribution in [2.75, 3.05) is 69.2 Å². The predicted octanol–water partition coefficient (Wildman–Crippen LogP) is 8.87. The van der Waals surface area contributed by atoms with Crippen LogP contribution in [0.1, 0.15) is 68.8 Å². The van der Waals surface area contributed by atoms with Crippen LogP contribution in [0.4, 0.5) is 21.5 Å². The summed E-state index contributed by atoms with van der Waals surface area (Å²) in [5.41, 5.74) is 4.36. The summed E-state index contributed by atoms with van der Waals surface area (Å²) in [4.78, 5) is 39.2. The van der Waals surface area contributed by atoms with Crippen molar-refractivity contribution in [1.82, 2.24) is 24.5 Å². The van der Waals surface area contributed by atoms with E-state index in [1.807, 2.05) is 22.9 Å². The molecule has 3 fully saturated rings. The number of aromatic nitrogens is 2. The van der Waals surface area contributed by atoms with Crippen molar-refractivity contribution in [3.8, 4) is 11.5 Å². The molecule has 4 aliphatic rings. The van der Waals surface area contributed by atoms with Gasteiger partial charge in [0, 0.05) is 73.2 Å². The monoisotopic (exact) mass is 954 g/mol. The summed E-state index contributed by atoms with van der Waals surface area (Å²) in [5, 5.41) is 16.6. The Morgan fingerprint density at radius 1 is 1.06 bits per heavy atom. The van der Waals surface area contributed by atoms with Gasteiger partial charge in [-0.15, -0.1) is 0 Å². The van der Waals surface area contributed by atoms with Crippen LogP contribution in [0, 0.1) is 27.3 Å². The van der Waals surface area contributed by atoms with Crippen molar-refractivity contribution in [3.63, 3.8) is 0 Å². The fraction of sp³-hybridized carbons (Fsp3) is 0.429. The number of ether oxygens (including phenoxy) is 2. The zero-order chi connectivity index (χ0) is 47.0. The van der Waals surface area contributed by atoms with Crippen LogP contribution in [0.2, 0.25) is 5.02 Å². The zero-order valence-electron chi connectivity index (χ0n) is 37.9. The number of benzene rings is 3. The number of halogens is 2. The second-order valence-electron chi connectivity index (χ2n) is 19.1. The highest BCUT2D eigenvalue weighted by atomic mass is 35.5. The highest BCUT2D eigenvalue weighted by Gasteiger charge is 2.34. The fourth-order valence-corrected chi connectivity index (χ4v) is 11.0. The molecule has 1 atom stereocenters. The van der Waals surface area contributed by atoms with E-state index in [0.717, 1.165) is 82.0 Å². The van der Waals surface area contributed by atoms with Crippen LogP contribution in [0.3, 0.4) is 0 Å². The molecule has 1 aliphatic carbocycles. The Bertz CT molecular complexity index is 2810. The van der Waals surface area contributed by atoms with E-state index in [1.165, 1.54) is 29.0 Å². The summed E-state index contributed by atoms with van der Waals surface area (Å²) >= 11 is 6.26. The van der Waals surface area contributed by atoms with E-state index < -0.39 is 42.9 Å². The molecule has 354 valence electrons. The van der Waals surface area contributed by atoms with Gasteiger partial charge in [0.15, 0.2) is 5.82 Å². The molecule has 0 radical (unpaired) electrons. The normalized spacial score (nSPS) is 19.9. The summed E-state index contributed by atoms with van der Waals surface area (Å²) in [6, 6.07) is 18.6. The molecule has 15 nitrogen and oxygen atoms in total. The number of nitro groups is 1. The van der Waals surface area contributed by atoms with Crippen molar-refractivity contribution in [3.05, 3.63) is 117 Å². The number of fused-ring (bicyclic) bond motifs is 1. The first-order valence-electron chi connectivity index (χ1n) is 22.9. The summed E-state index contributed by atoms with van der Waals surface area (Å²) in [5.74, 6) is -1.69. The third-order valence-corrected chi connectivity index (χ3v) is 15.3. The lowest BCUT2D eigenvalue weighted by Crippen LogP contribution is -2.52. The van der Waals surface area contributed by atoms with E-state index in [0.29, 0.717) is 48.3 Å². The third kappa shape index (κ3) is 10.5. The first-order valence-corrected chi connectivity index (χ1v) is 24.8. The molecule has 1 amide bonds. The number of sulfonamides is 1. The van der Waals surface area contributed by atoms with Gasteiger partial charge in [0.05, 0.1) is 40.8 Å². The minimum atomic E-state index is -4.83. The maximum atomic E-state index is 15.7. The Morgan fingerprint density at radius 2 is 1.84 bits per heavy atom. The van der Waals surface area contributed by atoms with Crippen LogP contribution in [0.25, 0.3) is 16.6 Å². The number of nitrogens with zero attached hydrogens (tertiary/aromatic N) is 5. The molecule has 0 spiro atoms. The topological polar surface area (TPSA) is 175 Å². The fourth-order valence-electron chi connectivity index (χ4n) is 9.84. The number of aromatic amines is 1. The van der Waals surface area contributed by atoms with E-state index in [-0.39, 0.29) is 35.2 Å². The number of anilines is 2. The number of amides is 1. The zero-order valence-corrected chi connectivity index (χ0v) is 39.5. The van der Waals surface area contributed by atoms with Crippen molar-refractivity contribution in [2.24, 2.45) is 11.3 Å². The summed E-state index contributed by atoms with van der Waals surface area (Å²) in [6.45, 7) is 13.3. The number of H-pyrrole nitrogens is 1. The Morgan fingerprint density at radius 3 is 2.55 bits per heavy atom. The molecular weight excluding hydrogens is 899 g/mol. The standard InChI is InChI=1S/C49H56ClFN8O7S/c1-31-27-56(28-35-10-14-49(2,3)24-42(35)33-4-6-36(50)7-5-33)18-19-58(31)37-8-9-41(45(21-37)66-39-20-34-11-15-52-47(34)54-26-39)48(60)55-67(63,64)40-22-43(51)46(44(23-40)59(61)62)53-25-32-12-16-57(17-13-32)38-29-65-30-38/h4-9,11,15,20-23,26,31-32,38,53H,10,12-14,16-19,24-25,27-30H2,1-3H3,(H,52,54)(H,55,60)/t31-/m1/s1. The molecule has 0 saturated carbocycles. The predicted molar refractivity (Wildman–Crippen MR) is 257 cm³/mol. The lowest BCUT2D eigenvalue weighted by molar-refractivity contribution is -0.384. The average Bonchev–Trinajstić information content (AvgIpc) is 3.74. The van der Waals surface area contributed by atoms with E-state index in [4.69, 9.17) is 21.1 Å². The van der Waals surface area contributed by atoms with Gasteiger partial charge in [0.2, 0.25) is 0 Å². The molecule has 3 aromatic carbocycles. The summed E-state index contributed by atoms with van der Waals surface area (Å²) in [7, 11) is -4.83. The van der Waals surface area contributed by atoms with Crippen LogP contribution in [-0.2, 0) is 14.8 Å². The highest BCUT2D eigenvalue weighted by molar-refractivity contribution is 7.90. The van der Waals surface area contributed by atoms with Gasteiger partial charge in [-0.05, 0) is 117 Å². The first kappa shape index (κ1) is 46.5. The van der Waals surface area contributed by atoms with Crippen LogP contribution in [-0.4, -0.2) is 110 Å². The first-order chi connectivity index (χ1) is 32.1. The Balaban J connectivity index is 0.927. The second-order valence-corrected chi connectivity index (χ2v) is 21.2. The van der Waals surface area contributed by atoms with Crippen molar-refractivity contribution in [2.45, 2.75) is 69.9 Å². The molecule has 9 rings (SSSR count). The van der Waals surface area contributed by atoms with E-state index >= 15 is 4.39 Å². The van der Waals surface area contributed by atoms with Gasteiger partial charge in [-0.2, -0.15) is 0 Å². The molecule has 0 unspecified atom stereocenters. The molecule has 5 aromatic rings. The molecule has 67 heavy (non-hydrogen) atoms. The van der Waals surface area contributed by atoms with E-state index in [1.54, 1.807) is 24.4 Å². The number of carbonyl (C=O) groups excluding carboxylic acids is 1. The number of hydrogen-bond donors (Lipinski definition) is 3.